The molecule has 0 aromatic rings. The zero-order valence-electron chi connectivity index (χ0n) is 9.52. The fourth-order valence-corrected chi connectivity index (χ4v) is 5.27. The van der Waals surface area contributed by atoms with Crippen molar-refractivity contribution in [2.75, 3.05) is 5.33 Å². The summed E-state index contributed by atoms with van der Waals surface area (Å²) in [7, 11) is -1.34. The Bertz CT molecular complexity index is 155. The fraction of sp³-hybridized carbons (Fsp3) is 1.00. The summed E-state index contributed by atoms with van der Waals surface area (Å²) in [6.45, 7) is 4.73. The Kier molecular flexibility index (Phi) is 5.71. The molecule has 0 aromatic heterocycles. The van der Waals surface area contributed by atoms with Gasteiger partial charge >= 0.3 is 0 Å². The van der Waals surface area contributed by atoms with Crippen molar-refractivity contribution in [2.24, 2.45) is 0 Å². The molecule has 0 atom stereocenters. The van der Waals surface area contributed by atoms with E-state index in [9.17, 15) is 0 Å². The molecule has 1 nitrogen and oxygen atoms in total. The normalized spacial score (nSPS) is 19.9. The van der Waals surface area contributed by atoms with Gasteiger partial charge in [0.2, 0.25) is 0 Å². The predicted octanol–water partition coefficient (Wildman–Crippen LogP) is 4.33. The van der Waals surface area contributed by atoms with Crippen LogP contribution in [0.4, 0.5) is 0 Å². The van der Waals surface area contributed by atoms with Gasteiger partial charge in [0.1, 0.15) is 0 Å². The molecule has 1 aliphatic rings. The van der Waals surface area contributed by atoms with Crippen LogP contribution in [0.3, 0.4) is 0 Å². The van der Waals surface area contributed by atoms with Gasteiger partial charge in [0.15, 0.2) is 8.32 Å². The maximum Gasteiger partial charge on any atom is 0.187 e. The molecule has 1 fully saturated rings. The molecule has 0 heterocycles. The van der Waals surface area contributed by atoms with Gasteiger partial charge < -0.3 is 4.43 Å². The maximum absolute atomic E-state index is 6.30. The van der Waals surface area contributed by atoms with Crippen LogP contribution < -0.4 is 0 Å². The number of hydrogen-bond acceptors (Lipinski definition) is 1. The third kappa shape index (κ3) is 4.94. The van der Waals surface area contributed by atoms with Crippen molar-refractivity contribution >= 4 is 24.2 Å². The van der Waals surface area contributed by atoms with Gasteiger partial charge in [0.25, 0.3) is 0 Å². The standard InChI is InChI=1S/C11H23BrOSi/c1-14(2,10-6-9-12)13-11-7-4-3-5-8-11/h11H,3-10H2,1-2H3. The number of halogens is 1. The van der Waals surface area contributed by atoms with Crippen LogP contribution in [-0.4, -0.2) is 19.8 Å². The highest BCUT2D eigenvalue weighted by Gasteiger charge is 2.26. The molecule has 0 saturated heterocycles. The molecular formula is C11H23BrOSi. The summed E-state index contributed by atoms with van der Waals surface area (Å²) in [5, 5.41) is 1.12. The fourth-order valence-electron chi connectivity index (χ4n) is 2.19. The third-order valence-corrected chi connectivity index (χ3v) is 6.04. The SMILES string of the molecule is C[Si](C)(CCCBr)OC1CCCCC1. The van der Waals surface area contributed by atoms with Gasteiger partial charge in [-0.3, -0.25) is 0 Å². The topological polar surface area (TPSA) is 9.23 Å². The average Bonchev–Trinajstić information content (AvgIpc) is 2.16. The van der Waals surface area contributed by atoms with Gasteiger partial charge in [0.05, 0.1) is 0 Å². The lowest BCUT2D eigenvalue weighted by atomic mass is 9.98. The van der Waals surface area contributed by atoms with Crippen molar-refractivity contribution in [1.82, 2.24) is 0 Å². The Morgan fingerprint density at radius 2 is 1.86 bits per heavy atom. The molecule has 0 N–H and O–H groups in total. The maximum atomic E-state index is 6.30. The van der Waals surface area contributed by atoms with Crippen molar-refractivity contribution in [2.45, 2.75) is 63.8 Å². The van der Waals surface area contributed by atoms with E-state index in [0.717, 1.165) is 5.33 Å². The molecule has 0 unspecified atom stereocenters. The Hall–Kier alpha value is 0.657. The Morgan fingerprint density at radius 1 is 1.21 bits per heavy atom. The lowest BCUT2D eigenvalue weighted by Gasteiger charge is -2.31. The first kappa shape index (κ1) is 12.7. The van der Waals surface area contributed by atoms with Crippen LogP contribution in [0.1, 0.15) is 38.5 Å². The van der Waals surface area contributed by atoms with Crippen LogP contribution in [0, 0.1) is 0 Å². The van der Waals surface area contributed by atoms with Crippen LogP contribution in [-0.2, 0) is 4.43 Å². The molecule has 0 bridgehead atoms. The monoisotopic (exact) mass is 278 g/mol. The summed E-state index contributed by atoms with van der Waals surface area (Å²) in [5.41, 5.74) is 0. The highest BCUT2D eigenvalue weighted by atomic mass is 79.9. The molecule has 3 heteroatoms. The minimum atomic E-state index is -1.34. The second-order valence-electron chi connectivity index (χ2n) is 4.93. The number of rotatable bonds is 5. The van der Waals surface area contributed by atoms with Gasteiger partial charge in [-0.1, -0.05) is 35.2 Å². The molecule has 0 amide bonds. The largest absolute Gasteiger partial charge is 0.414 e. The van der Waals surface area contributed by atoms with Crippen LogP contribution in [0.15, 0.2) is 0 Å². The van der Waals surface area contributed by atoms with E-state index < -0.39 is 8.32 Å². The van der Waals surface area contributed by atoms with Gasteiger partial charge in [-0.15, -0.1) is 0 Å². The molecule has 0 aliphatic heterocycles. The second kappa shape index (κ2) is 6.29. The van der Waals surface area contributed by atoms with Crippen LogP contribution >= 0.6 is 15.9 Å². The Balaban J connectivity index is 2.25. The molecule has 1 rings (SSSR count). The summed E-state index contributed by atoms with van der Waals surface area (Å²) in [5.74, 6) is 0. The van der Waals surface area contributed by atoms with E-state index in [1.54, 1.807) is 0 Å². The van der Waals surface area contributed by atoms with Crippen molar-refractivity contribution in [3.8, 4) is 0 Å². The minimum Gasteiger partial charge on any atom is -0.414 e. The van der Waals surface area contributed by atoms with E-state index in [1.165, 1.54) is 44.6 Å². The molecular weight excluding hydrogens is 256 g/mol. The zero-order valence-corrected chi connectivity index (χ0v) is 12.1. The van der Waals surface area contributed by atoms with E-state index in [2.05, 4.69) is 29.0 Å². The molecule has 0 aromatic carbocycles. The van der Waals surface area contributed by atoms with Crippen molar-refractivity contribution < 1.29 is 4.43 Å². The van der Waals surface area contributed by atoms with Crippen LogP contribution in [0.25, 0.3) is 0 Å². The lowest BCUT2D eigenvalue weighted by Crippen LogP contribution is -2.36. The van der Waals surface area contributed by atoms with Gasteiger partial charge in [-0.05, 0) is 38.4 Å². The summed E-state index contributed by atoms with van der Waals surface area (Å²) < 4.78 is 6.30. The molecule has 1 saturated carbocycles. The average molecular weight is 279 g/mol. The van der Waals surface area contributed by atoms with Crippen molar-refractivity contribution in [1.29, 1.82) is 0 Å². The first-order chi connectivity index (χ1) is 6.64. The summed E-state index contributed by atoms with van der Waals surface area (Å²) in [6, 6.07) is 1.30. The first-order valence-corrected chi connectivity index (χ1v) is 10.1. The smallest absolute Gasteiger partial charge is 0.187 e. The van der Waals surface area contributed by atoms with Gasteiger partial charge in [-0.25, -0.2) is 0 Å². The number of hydrogen-bond donors (Lipinski definition) is 0. The Labute approximate surface area is 97.9 Å². The Morgan fingerprint density at radius 3 is 2.43 bits per heavy atom. The predicted molar refractivity (Wildman–Crippen MR) is 68.7 cm³/mol. The van der Waals surface area contributed by atoms with E-state index in [0.29, 0.717) is 6.10 Å². The van der Waals surface area contributed by atoms with Crippen molar-refractivity contribution in [3.05, 3.63) is 0 Å². The van der Waals surface area contributed by atoms with Gasteiger partial charge in [-0.2, -0.15) is 0 Å². The highest BCUT2D eigenvalue weighted by Crippen LogP contribution is 2.25. The summed E-state index contributed by atoms with van der Waals surface area (Å²) in [6.07, 6.45) is 8.67. The van der Waals surface area contributed by atoms with Crippen LogP contribution in [0.5, 0.6) is 0 Å². The minimum absolute atomic E-state index is 0.598. The molecule has 84 valence electrons. The quantitative estimate of drug-likeness (QED) is 0.538. The lowest BCUT2D eigenvalue weighted by molar-refractivity contribution is 0.145. The second-order valence-corrected chi connectivity index (χ2v) is 9.98. The number of alkyl halides is 1. The molecule has 1 aliphatic carbocycles. The molecule has 0 spiro atoms. The van der Waals surface area contributed by atoms with E-state index in [4.69, 9.17) is 4.43 Å². The molecule has 0 radical (unpaired) electrons. The van der Waals surface area contributed by atoms with Crippen LogP contribution in [0.2, 0.25) is 19.1 Å². The first-order valence-electron chi connectivity index (χ1n) is 5.88. The molecule has 14 heavy (non-hydrogen) atoms. The van der Waals surface area contributed by atoms with E-state index in [-0.39, 0.29) is 0 Å². The summed E-state index contributed by atoms with van der Waals surface area (Å²) >= 11 is 3.49. The zero-order chi connectivity index (χ0) is 10.4. The highest BCUT2D eigenvalue weighted by molar-refractivity contribution is 9.09. The third-order valence-electron chi connectivity index (χ3n) is 2.95. The van der Waals surface area contributed by atoms with E-state index in [1.807, 2.05) is 0 Å². The van der Waals surface area contributed by atoms with Gasteiger partial charge in [0, 0.05) is 11.4 Å². The van der Waals surface area contributed by atoms with E-state index >= 15 is 0 Å². The summed E-state index contributed by atoms with van der Waals surface area (Å²) in [4.78, 5) is 0. The van der Waals surface area contributed by atoms with Crippen molar-refractivity contribution in [3.63, 3.8) is 0 Å².